The second kappa shape index (κ2) is 8.85. The largest absolute Gasteiger partial charge is 0.493 e. The number of ether oxygens (including phenoxy) is 2. The minimum Gasteiger partial charge on any atom is -0.493 e. The van der Waals surface area contributed by atoms with Crippen LogP contribution >= 0.6 is 0 Å². The van der Waals surface area contributed by atoms with Gasteiger partial charge in [-0.25, -0.2) is 0 Å². The van der Waals surface area contributed by atoms with E-state index in [4.69, 9.17) is 9.47 Å². The Morgan fingerprint density at radius 1 is 1.04 bits per heavy atom. The van der Waals surface area contributed by atoms with Gasteiger partial charge < -0.3 is 14.8 Å². The number of hydrogen-bond donors (Lipinski definition) is 1. The maximum Gasteiger partial charge on any atom is 0.251 e. The highest BCUT2D eigenvalue weighted by Crippen LogP contribution is 2.29. The average molecular weight is 362 g/mol. The molecule has 0 unspecified atom stereocenters. The second-order valence-electron chi connectivity index (χ2n) is 6.09. The number of carbonyl (C=O) groups is 1. The molecule has 138 valence electrons. The van der Waals surface area contributed by atoms with Gasteiger partial charge in [-0.15, -0.1) is 0 Å². The molecule has 0 saturated heterocycles. The van der Waals surface area contributed by atoms with Gasteiger partial charge in [0.15, 0.2) is 11.5 Å². The zero-order valence-electron chi connectivity index (χ0n) is 15.4. The predicted molar refractivity (Wildman–Crippen MR) is 104 cm³/mol. The summed E-state index contributed by atoms with van der Waals surface area (Å²) in [6, 6.07) is 20.5. The number of methoxy groups -OCH3 is 1. The average Bonchev–Trinajstić information content (AvgIpc) is 2.73. The van der Waals surface area contributed by atoms with Gasteiger partial charge in [-0.3, -0.25) is 9.78 Å². The zero-order valence-corrected chi connectivity index (χ0v) is 15.4. The lowest BCUT2D eigenvalue weighted by Gasteiger charge is -2.15. The van der Waals surface area contributed by atoms with Crippen LogP contribution in [0.15, 0.2) is 72.9 Å². The molecule has 2 aromatic carbocycles. The molecule has 1 amide bonds. The number of nitrogens with zero attached hydrogens (tertiary/aromatic N) is 1. The molecule has 0 aliphatic rings. The summed E-state index contributed by atoms with van der Waals surface area (Å²) in [5.41, 5.74) is 2.37. The van der Waals surface area contributed by atoms with Gasteiger partial charge in [-0.2, -0.15) is 0 Å². The highest BCUT2D eigenvalue weighted by atomic mass is 16.5. The molecule has 27 heavy (non-hydrogen) atoms. The van der Waals surface area contributed by atoms with Crippen LogP contribution in [-0.2, 0) is 6.61 Å². The molecule has 1 heterocycles. The Kier molecular flexibility index (Phi) is 6.05. The maximum absolute atomic E-state index is 12.6. The highest BCUT2D eigenvalue weighted by Gasteiger charge is 2.15. The molecule has 5 heteroatoms. The van der Waals surface area contributed by atoms with Crippen molar-refractivity contribution in [3.63, 3.8) is 0 Å². The topological polar surface area (TPSA) is 60.5 Å². The SMILES string of the molecule is COc1cc(C(=O)N[C@H](C)c2ccccn2)ccc1OCc1ccccc1. The number of carbonyl (C=O) groups excluding carboxylic acids is 1. The summed E-state index contributed by atoms with van der Waals surface area (Å²) in [6.07, 6.45) is 1.71. The molecule has 0 aliphatic carbocycles. The first-order valence-corrected chi connectivity index (χ1v) is 8.74. The van der Waals surface area contributed by atoms with Gasteiger partial charge in [0.2, 0.25) is 0 Å². The van der Waals surface area contributed by atoms with Gasteiger partial charge in [0.05, 0.1) is 18.8 Å². The van der Waals surface area contributed by atoms with E-state index in [1.165, 1.54) is 0 Å². The third-order valence-electron chi connectivity index (χ3n) is 4.14. The molecule has 1 N–H and O–H groups in total. The molecule has 3 rings (SSSR count). The van der Waals surface area contributed by atoms with Gasteiger partial charge in [0.25, 0.3) is 5.91 Å². The van der Waals surface area contributed by atoms with E-state index >= 15 is 0 Å². The molecule has 0 spiro atoms. The highest BCUT2D eigenvalue weighted by molar-refractivity contribution is 5.95. The Bertz CT molecular complexity index is 883. The standard InChI is InChI=1S/C22H22N2O3/c1-16(19-10-6-7-13-23-19)24-22(25)18-11-12-20(21(14-18)26-2)27-15-17-8-4-3-5-9-17/h3-14,16H,15H2,1-2H3,(H,24,25)/t16-/m1/s1. The van der Waals surface area contributed by atoms with Crippen molar-refractivity contribution in [1.29, 1.82) is 0 Å². The van der Waals surface area contributed by atoms with E-state index in [-0.39, 0.29) is 11.9 Å². The molecule has 3 aromatic rings. The molecule has 0 fully saturated rings. The molecule has 5 nitrogen and oxygen atoms in total. The third kappa shape index (κ3) is 4.85. The minimum atomic E-state index is -0.196. The molecule has 0 saturated carbocycles. The molecule has 0 bridgehead atoms. The summed E-state index contributed by atoms with van der Waals surface area (Å²) >= 11 is 0. The molecular weight excluding hydrogens is 340 g/mol. The van der Waals surface area contributed by atoms with Crippen molar-refractivity contribution in [2.45, 2.75) is 19.6 Å². The minimum absolute atomic E-state index is 0.193. The predicted octanol–water partition coefficient (Wildman–Crippen LogP) is 4.16. The van der Waals surface area contributed by atoms with E-state index < -0.39 is 0 Å². The first-order valence-electron chi connectivity index (χ1n) is 8.74. The van der Waals surface area contributed by atoms with Gasteiger partial charge in [-0.1, -0.05) is 36.4 Å². The monoisotopic (exact) mass is 362 g/mol. The maximum atomic E-state index is 12.6. The number of nitrogens with one attached hydrogen (secondary N) is 1. The van der Waals surface area contributed by atoms with Crippen LogP contribution in [0, 0.1) is 0 Å². The Balaban J connectivity index is 1.68. The Labute approximate surface area is 159 Å². The summed E-state index contributed by atoms with van der Waals surface area (Å²) in [5.74, 6) is 0.917. The third-order valence-corrected chi connectivity index (χ3v) is 4.14. The summed E-state index contributed by atoms with van der Waals surface area (Å²) in [5, 5.41) is 2.94. The lowest BCUT2D eigenvalue weighted by Crippen LogP contribution is -2.27. The smallest absolute Gasteiger partial charge is 0.251 e. The fraction of sp³-hybridized carbons (Fsp3) is 0.182. The fourth-order valence-corrected chi connectivity index (χ4v) is 2.65. The van der Waals surface area contributed by atoms with Crippen LogP contribution in [0.1, 0.15) is 34.6 Å². The number of hydrogen-bond acceptors (Lipinski definition) is 4. The number of aromatic nitrogens is 1. The quantitative estimate of drug-likeness (QED) is 0.686. The van der Waals surface area contributed by atoms with Crippen molar-refractivity contribution >= 4 is 5.91 Å². The number of amides is 1. The van der Waals surface area contributed by atoms with Crippen LogP contribution in [0.2, 0.25) is 0 Å². The van der Waals surface area contributed by atoms with Crippen LogP contribution in [0.5, 0.6) is 11.5 Å². The van der Waals surface area contributed by atoms with Crippen LogP contribution in [-0.4, -0.2) is 18.0 Å². The lowest BCUT2D eigenvalue weighted by atomic mass is 10.1. The van der Waals surface area contributed by atoms with Crippen LogP contribution in [0.25, 0.3) is 0 Å². The molecule has 1 aromatic heterocycles. The van der Waals surface area contributed by atoms with E-state index in [1.54, 1.807) is 31.5 Å². The van der Waals surface area contributed by atoms with Crippen molar-refractivity contribution in [3.8, 4) is 11.5 Å². The number of benzene rings is 2. The van der Waals surface area contributed by atoms with Gasteiger partial charge in [0, 0.05) is 11.8 Å². The first kappa shape index (κ1) is 18.5. The molecule has 0 aliphatic heterocycles. The van der Waals surface area contributed by atoms with Crippen LogP contribution in [0.3, 0.4) is 0 Å². The molecule has 0 radical (unpaired) electrons. The van der Waals surface area contributed by atoms with E-state index in [9.17, 15) is 4.79 Å². The summed E-state index contributed by atoms with van der Waals surface area (Å²) in [6.45, 7) is 2.33. The Morgan fingerprint density at radius 2 is 1.81 bits per heavy atom. The zero-order chi connectivity index (χ0) is 19.1. The van der Waals surface area contributed by atoms with Crippen molar-refractivity contribution in [3.05, 3.63) is 89.7 Å². The summed E-state index contributed by atoms with van der Waals surface area (Å²) in [7, 11) is 1.56. The Morgan fingerprint density at radius 3 is 2.52 bits per heavy atom. The van der Waals surface area contributed by atoms with Crippen molar-refractivity contribution in [1.82, 2.24) is 10.3 Å². The van der Waals surface area contributed by atoms with Crippen molar-refractivity contribution in [2.24, 2.45) is 0 Å². The number of pyridine rings is 1. The summed E-state index contributed by atoms with van der Waals surface area (Å²) in [4.78, 5) is 16.8. The van der Waals surface area contributed by atoms with Crippen LogP contribution < -0.4 is 14.8 Å². The Hall–Kier alpha value is -3.34. The number of rotatable bonds is 7. The normalized spacial score (nSPS) is 11.5. The van der Waals surface area contributed by atoms with Gasteiger partial charge in [0.1, 0.15) is 6.61 Å². The van der Waals surface area contributed by atoms with Gasteiger partial charge in [-0.05, 0) is 42.8 Å². The van der Waals surface area contributed by atoms with Gasteiger partial charge >= 0.3 is 0 Å². The van der Waals surface area contributed by atoms with E-state index in [0.29, 0.717) is 23.7 Å². The van der Waals surface area contributed by atoms with Crippen LogP contribution in [0.4, 0.5) is 0 Å². The van der Waals surface area contributed by atoms with E-state index in [2.05, 4.69) is 10.3 Å². The fourth-order valence-electron chi connectivity index (χ4n) is 2.65. The van der Waals surface area contributed by atoms with E-state index in [0.717, 1.165) is 11.3 Å². The van der Waals surface area contributed by atoms with E-state index in [1.807, 2.05) is 55.5 Å². The second-order valence-corrected chi connectivity index (χ2v) is 6.09. The molecule has 1 atom stereocenters. The first-order chi connectivity index (χ1) is 13.2. The van der Waals surface area contributed by atoms with Crippen molar-refractivity contribution in [2.75, 3.05) is 7.11 Å². The molecular formula is C22H22N2O3. The summed E-state index contributed by atoms with van der Waals surface area (Å²) < 4.78 is 11.2. The van der Waals surface area contributed by atoms with Crippen molar-refractivity contribution < 1.29 is 14.3 Å². The lowest BCUT2D eigenvalue weighted by molar-refractivity contribution is 0.0938.